The molecule has 0 aliphatic rings. The van der Waals surface area contributed by atoms with Crippen molar-refractivity contribution >= 4 is 5.91 Å². The Morgan fingerprint density at radius 1 is 1.69 bits per heavy atom. The van der Waals surface area contributed by atoms with Crippen LogP contribution in [0, 0.1) is 0 Å². The Balaban J connectivity index is 2.69. The predicted octanol–water partition coefficient (Wildman–Crippen LogP) is 0.667. The molecule has 0 aliphatic carbocycles. The summed E-state index contributed by atoms with van der Waals surface area (Å²) < 4.78 is 1.61. The monoisotopic (exact) mass is 224 g/mol. The second kappa shape index (κ2) is 5.12. The van der Waals surface area contributed by atoms with E-state index in [2.05, 4.69) is 10.4 Å². The first kappa shape index (κ1) is 12.7. The molecule has 1 aromatic rings. The molecule has 1 aromatic heterocycles. The lowest BCUT2D eigenvalue weighted by Crippen LogP contribution is -2.47. The van der Waals surface area contributed by atoms with Gasteiger partial charge in [0, 0.05) is 18.8 Å². The first-order valence-corrected chi connectivity index (χ1v) is 5.53. The lowest BCUT2D eigenvalue weighted by molar-refractivity contribution is 0.0894. The maximum absolute atomic E-state index is 11.9. The number of rotatable bonds is 5. The van der Waals surface area contributed by atoms with Crippen molar-refractivity contribution in [1.82, 2.24) is 15.1 Å². The number of nitrogens with zero attached hydrogens (tertiary/aromatic N) is 2. The van der Waals surface area contributed by atoms with Crippen LogP contribution in [0.1, 0.15) is 37.2 Å². The highest BCUT2D eigenvalue weighted by molar-refractivity contribution is 5.92. The molecule has 16 heavy (non-hydrogen) atoms. The number of aromatic nitrogens is 2. The Morgan fingerprint density at radius 2 is 2.38 bits per heavy atom. The standard InChI is InChI=1S/C11H20N4O/c1-4-11(2,6-7-12)13-10(16)9-5-8-15(3)14-9/h5,8H,4,6-7,12H2,1-3H3,(H,13,16). The van der Waals surface area contributed by atoms with Crippen molar-refractivity contribution in [3.8, 4) is 0 Å². The zero-order chi connectivity index (χ0) is 12.2. The van der Waals surface area contributed by atoms with Crippen molar-refractivity contribution in [1.29, 1.82) is 0 Å². The molecule has 1 heterocycles. The summed E-state index contributed by atoms with van der Waals surface area (Å²) in [5.41, 5.74) is 5.73. The van der Waals surface area contributed by atoms with Gasteiger partial charge in [0.1, 0.15) is 5.69 Å². The van der Waals surface area contributed by atoms with E-state index in [9.17, 15) is 4.79 Å². The van der Waals surface area contributed by atoms with Crippen LogP contribution in [0.15, 0.2) is 12.3 Å². The van der Waals surface area contributed by atoms with Crippen LogP contribution >= 0.6 is 0 Å². The summed E-state index contributed by atoms with van der Waals surface area (Å²) in [6.07, 6.45) is 3.37. The number of amides is 1. The van der Waals surface area contributed by atoms with Crippen LogP contribution in [-0.2, 0) is 7.05 Å². The van der Waals surface area contributed by atoms with E-state index in [4.69, 9.17) is 5.73 Å². The highest BCUT2D eigenvalue weighted by Gasteiger charge is 2.24. The smallest absolute Gasteiger partial charge is 0.272 e. The fourth-order valence-corrected chi connectivity index (χ4v) is 1.52. The van der Waals surface area contributed by atoms with Gasteiger partial charge in [-0.05, 0) is 32.4 Å². The number of hydrogen-bond acceptors (Lipinski definition) is 3. The van der Waals surface area contributed by atoms with E-state index in [1.165, 1.54) is 0 Å². The highest BCUT2D eigenvalue weighted by atomic mass is 16.2. The maximum atomic E-state index is 11.9. The van der Waals surface area contributed by atoms with Crippen molar-refractivity contribution < 1.29 is 4.79 Å². The average Bonchev–Trinajstić information content (AvgIpc) is 2.65. The number of nitrogens with two attached hydrogens (primary N) is 1. The van der Waals surface area contributed by atoms with Crippen LogP contribution in [-0.4, -0.2) is 27.8 Å². The lowest BCUT2D eigenvalue weighted by atomic mass is 9.94. The molecule has 0 fully saturated rings. The average molecular weight is 224 g/mol. The molecule has 0 saturated carbocycles. The number of aryl methyl sites for hydroxylation is 1. The van der Waals surface area contributed by atoms with E-state index in [0.717, 1.165) is 12.8 Å². The molecule has 3 N–H and O–H groups in total. The van der Waals surface area contributed by atoms with Crippen molar-refractivity contribution in [3.05, 3.63) is 18.0 Å². The normalized spacial score (nSPS) is 14.5. The van der Waals surface area contributed by atoms with E-state index < -0.39 is 0 Å². The highest BCUT2D eigenvalue weighted by Crippen LogP contribution is 2.14. The molecule has 90 valence electrons. The van der Waals surface area contributed by atoms with Gasteiger partial charge in [-0.1, -0.05) is 6.92 Å². The summed E-state index contributed by atoms with van der Waals surface area (Å²) in [6.45, 7) is 4.60. The molecule has 1 rings (SSSR count). The second-order valence-corrected chi connectivity index (χ2v) is 4.28. The van der Waals surface area contributed by atoms with Gasteiger partial charge in [-0.3, -0.25) is 9.48 Å². The van der Waals surface area contributed by atoms with Crippen molar-refractivity contribution in [2.45, 2.75) is 32.2 Å². The summed E-state index contributed by atoms with van der Waals surface area (Å²) in [4.78, 5) is 11.9. The lowest BCUT2D eigenvalue weighted by Gasteiger charge is -2.28. The molecule has 0 bridgehead atoms. The molecule has 1 unspecified atom stereocenters. The zero-order valence-electron chi connectivity index (χ0n) is 10.2. The summed E-state index contributed by atoms with van der Waals surface area (Å²) in [5, 5.41) is 7.04. The molecule has 0 aliphatic heterocycles. The molecule has 0 aromatic carbocycles. The third-order valence-corrected chi connectivity index (χ3v) is 2.84. The molecule has 0 saturated heterocycles. The van der Waals surface area contributed by atoms with Gasteiger partial charge in [-0.2, -0.15) is 5.10 Å². The Hall–Kier alpha value is -1.36. The largest absolute Gasteiger partial charge is 0.345 e. The Labute approximate surface area is 96.0 Å². The van der Waals surface area contributed by atoms with E-state index in [-0.39, 0.29) is 11.4 Å². The minimum absolute atomic E-state index is 0.140. The van der Waals surface area contributed by atoms with Crippen LogP contribution in [0.3, 0.4) is 0 Å². The van der Waals surface area contributed by atoms with Crippen molar-refractivity contribution in [3.63, 3.8) is 0 Å². The molecule has 5 nitrogen and oxygen atoms in total. The third kappa shape index (κ3) is 3.06. The molecule has 1 atom stereocenters. The summed E-state index contributed by atoms with van der Waals surface area (Å²) in [6, 6.07) is 1.70. The van der Waals surface area contributed by atoms with Crippen LogP contribution < -0.4 is 11.1 Å². The first-order chi connectivity index (χ1) is 7.50. The van der Waals surface area contributed by atoms with Gasteiger partial charge in [0.25, 0.3) is 5.91 Å². The number of carbonyl (C=O) groups excluding carboxylic acids is 1. The van der Waals surface area contributed by atoms with Gasteiger partial charge in [0.05, 0.1) is 0 Å². The van der Waals surface area contributed by atoms with Gasteiger partial charge < -0.3 is 11.1 Å². The van der Waals surface area contributed by atoms with Gasteiger partial charge in [-0.25, -0.2) is 0 Å². The molecule has 5 heteroatoms. The van der Waals surface area contributed by atoms with Gasteiger partial charge in [0.2, 0.25) is 0 Å². The predicted molar refractivity (Wildman–Crippen MR) is 63.0 cm³/mol. The van der Waals surface area contributed by atoms with Crippen molar-refractivity contribution in [2.75, 3.05) is 6.54 Å². The van der Waals surface area contributed by atoms with Crippen LogP contribution in [0.4, 0.5) is 0 Å². The SMILES string of the molecule is CCC(C)(CCN)NC(=O)c1ccn(C)n1. The molecule has 0 spiro atoms. The van der Waals surface area contributed by atoms with Gasteiger partial charge in [-0.15, -0.1) is 0 Å². The van der Waals surface area contributed by atoms with E-state index in [1.54, 1.807) is 24.0 Å². The fraction of sp³-hybridized carbons (Fsp3) is 0.636. The van der Waals surface area contributed by atoms with E-state index in [0.29, 0.717) is 12.2 Å². The molecular weight excluding hydrogens is 204 g/mol. The number of carbonyl (C=O) groups is 1. The second-order valence-electron chi connectivity index (χ2n) is 4.28. The van der Waals surface area contributed by atoms with E-state index >= 15 is 0 Å². The molecular formula is C11H20N4O. The van der Waals surface area contributed by atoms with E-state index in [1.807, 2.05) is 13.8 Å². The Bertz CT molecular complexity index is 361. The van der Waals surface area contributed by atoms with Crippen molar-refractivity contribution in [2.24, 2.45) is 12.8 Å². The maximum Gasteiger partial charge on any atom is 0.272 e. The summed E-state index contributed by atoms with van der Waals surface area (Å²) in [5.74, 6) is -0.140. The van der Waals surface area contributed by atoms with Gasteiger partial charge in [0.15, 0.2) is 0 Å². The Morgan fingerprint density at radius 3 is 2.81 bits per heavy atom. The summed E-state index contributed by atoms with van der Waals surface area (Å²) >= 11 is 0. The topological polar surface area (TPSA) is 72.9 Å². The fourth-order valence-electron chi connectivity index (χ4n) is 1.52. The first-order valence-electron chi connectivity index (χ1n) is 5.53. The van der Waals surface area contributed by atoms with Crippen LogP contribution in [0.25, 0.3) is 0 Å². The van der Waals surface area contributed by atoms with Gasteiger partial charge >= 0.3 is 0 Å². The molecule has 0 radical (unpaired) electrons. The minimum Gasteiger partial charge on any atom is -0.345 e. The third-order valence-electron chi connectivity index (χ3n) is 2.84. The summed E-state index contributed by atoms with van der Waals surface area (Å²) in [7, 11) is 1.79. The number of nitrogens with one attached hydrogen (secondary N) is 1. The van der Waals surface area contributed by atoms with Crippen LogP contribution in [0.2, 0.25) is 0 Å². The zero-order valence-corrected chi connectivity index (χ0v) is 10.2. The Kier molecular flexibility index (Phi) is 4.06. The van der Waals surface area contributed by atoms with Crippen LogP contribution in [0.5, 0.6) is 0 Å². The quantitative estimate of drug-likeness (QED) is 0.772. The number of hydrogen-bond donors (Lipinski definition) is 2. The molecule has 1 amide bonds. The minimum atomic E-state index is -0.247.